The molecule has 0 aliphatic heterocycles. The third-order valence-electron chi connectivity index (χ3n) is 3.15. The van der Waals surface area contributed by atoms with Gasteiger partial charge in [-0.2, -0.15) is 0 Å². The molecule has 0 fully saturated rings. The second-order valence-corrected chi connectivity index (χ2v) is 5.08. The van der Waals surface area contributed by atoms with Gasteiger partial charge in [-0.3, -0.25) is 0 Å². The summed E-state index contributed by atoms with van der Waals surface area (Å²) in [6.45, 7) is 3.69. The molecule has 0 aliphatic rings. The highest BCUT2D eigenvalue weighted by Gasteiger charge is 2.16. The largest absolute Gasteiger partial charge is 0.385 e. The SMILES string of the molecule is CCCn1c(C(N)CCOC)nc2cc(Cl)ccc21. The van der Waals surface area contributed by atoms with Crippen LogP contribution in [0.4, 0.5) is 0 Å². The lowest BCUT2D eigenvalue weighted by atomic mass is 10.2. The number of hydrogen-bond donors (Lipinski definition) is 1. The van der Waals surface area contributed by atoms with Gasteiger partial charge in [0.25, 0.3) is 0 Å². The first-order chi connectivity index (χ1) is 9.17. The van der Waals surface area contributed by atoms with Crippen LogP contribution in [0, 0.1) is 0 Å². The summed E-state index contributed by atoms with van der Waals surface area (Å²) in [5.41, 5.74) is 8.22. The summed E-state index contributed by atoms with van der Waals surface area (Å²) >= 11 is 6.02. The number of methoxy groups -OCH3 is 1. The van der Waals surface area contributed by atoms with Crippen molar-refractivity contribution in [2.45, 2.75) is 32.4 Å². The molecule has 1 heterocycles. The smallest absolute Gasteiger partial charge is 0.126 e. The zero-order chi connectivity index (χ0) is 13.8. The summed E-state index contributed by atoms with van der Waals surface area (Å²) in [6, 6.07) is 5.67. The van der Waals surface area contributed by atoms with E-state index in [1.807, 2.05) is 18.2 Å². The quantitative estimate of drug-likeness (QED) is 0.885. The van der Waals surface area contributed by atoms with Gasteiger partial charge in [0.15, 0.2) is 0 Å². The van der Waals surface area contributed by atoms with E-state index in [1.165, 1.54) is 0 Å². The standard InChI is InChI=1S/C14H20ClN3O/c1-3-7-18-13-5-4-10(15)9-12(13)17-14(18)11(16)6-8-19-2/h4-5,9,11H,3,6-8,16H2,1-2H3. The Morgan fingerprint density at radius 3 is 2.95 bits per heavy atom. The van der Waals surface area contributed by atoms with Gasteiger partial charge in [0.05, 0.1) is 17.1 Å². The molecule has 2 aromatic rings. The summed E-state index contributed by atoms with van der Waals surface area (Å²) in [5, 5.41) is 0.700. The van der Waals surface area contributed by atoms with Crippen LogP contribution in [0.25, 0.3) is 11.0 Å². The fourth-order valence-electron chi connectivity index (χ4n) is 2.24. The van der Waals surface area contributed by atoms with E-state index >= 15 is 0 Å². The first-order valence-electron chi connectivity index (χ1n) is 6.57. The van der Waals surface area contributed by atoms with Gasteiger partial charge in [0, 0.05) is 25.3 Å². The van der Waals surface area contributed by atoms with Gasteiger partial charge < -0.3 is 15.0 Å². The molecule has 1 aromatic heterocycles. The minimum atomic E-state index is -0.113. The predicted molar refractivity (Wildman–Crippen MR) is 78.5 cm³/mol. The molecule has 2 N–H and O–H groups in total. The lowest BCUT2D eigenvalue weighted by molar-refractivity contribution is 0.186. The highest BCUT2D eigenvalue weighted by molar-refractivity contribution is 6.31. The van der Waals surface area contributed by atoms with Crippen LogP contribution in [0.5, 0.6) is 0 Å². The van der Waals surface area contributed by atoms with Crippen LogP contribution in [0.3, 0.4) is 0 Å². The van der Waals surface area contributed by atoms with E-state index in [1.54, 1.807) is 7.11 Å². The third-order valence-corrected chi connectivity index (χ3v) is 3.39. The fraction of sp³-hybridized carbons (Fsp3) is 0.500. The van der Waals surface area contributed by atoms with Gasteiger partial charge in [-0.05, 0) is 31.0 Å². The van der Waals surface area contributed by atoms with Crippen LogP contribution in [-0.4, -0.2) is 23.3 Å². The number of rotatable bonds is 6. The second-order valence-electron chi connectivity index (χ2n) is 4.64. The number of nitrogens with zero attached hydrogens (tertiary/aromatic N) is 2. The minimum Gasteiger partial charge on any atom is -0.385 e. The number of aryl methyl sites for hydroxylation is 1. The highest BCUT2D eigenvalue weighted by Crippen LogP contribution is 2.24. The molecule has 1 atom stereocenters. The molecule has 104 valence electrons. The first-order valence-corrected chi connectivity index (χ1v) is 6.95. The molecule has 1 aromatic carbocycles. The molecular formula is C14H20ClN3O. The van der Waals surface area contributed by atoms with E-state index in [4.69, 9.17) is 22.1 Å². The number of aromatic nitrogens is 2. The average molecular weight is 282 g/mol. The number of hydrogen-bond acceptors (Lipinski definition) is 3. The molecule has 0 saturated heterocycles. The van der Waals surface area contributed by atoms with Crippen molar-refractivity contribution in [3.05, 3.63) is 29.0 Å². The van der Waals surface area contributed by atoms with Crippen LogP contribution >= 0.6 is 11.6 Å². The molecule has 1 unspecified atom stereocenters. The Kier molecular flexibility index (Phi) is 4.80. The lowest BCUT2D eigenvalue weighted by Crippen LogP contribution is -2.18. The molecule has 19 heavy (non-hydrogen) atoms. The van der Waals surface area contributed by atoms with Crippen molar-refractivity contribution in [2.24, 2.45) is 5.73 Å². The van der Waals surface area contributed by atoms with E-state index in [-0.39, 0.29) is 6.04 Å². The van der Waals surface area contributed by atoms with Gasteiger partial charge in [-0.25, -0.2) is 4.98 Å². The van der Waals surface area contributed by atoms with E-state index in [9.17, 15) is 0 Å². The Bertz CT molecular complexity index is 553. The number of imidazole rings is 1. The zero-order valence-electron chi connectivity index (χ0n) is 11.4. The summed E-state index contributed by atoms with van der Waals surface area (Å²) in [7, 11) is 1.68. The number of nitrogens with two attached hydrogens (primary N) is 1. The van der Waals surface area contributed by atoms with Gasteiger partial charge >= 0.3 is 0 Å². The molecule has 0 amide bonds. The van der Waals surface area contributed by atoms with E-state index in [2.05, 4.69) is 16.5 Å². The average Bonchev–Trinajstić information content (AvgIpc) is 2.74. The number of benzene rings is 1. The second kappa shape index (κ2) is 6.37. The summed E-state index contributed by atoms with van der Waals surface area (Å²) < 4.78 is 7.28. The Labute approximate surface area is 118 Å². The molecular weight excluding hydrogens is 262 g/mol. The van der Waals surface area contributed by atoms with E-state index in [0.29, 0.717) is 11.6 Å². The van der Waals surface area contributed by atoms with Gasteiger partial charge in [-0.1, -0.05) is 18.5 Å². The van der Waals surface area contributed by atoms with Crippen molar-refractivity contribution in [2.75, 3.05) is 13.7 Å². The first kappa shape index (κ1) is 14.3. The summed E-state index contributed by atoms with van der Waals surface area (Å²) in [6.07, 6.45) is 1.80. The van der Waals surface area contributed by atoms with Crippen LogP contribution in [0.2, 0.25) is 5.02 Å². The maximum atomic E-state index is 6.22. The van der Waals surface area contributed by atoms with Crippen molar-refractivity contribution in [3.8, 4) is 0 Å². The number of ether oxygens (including phenoxy) is 1. The van der Waals surface area contributed by atoms with Crippen molar-refractivity contribution >= 4 is 22.6 Å². The molecule has 0 aliphatic carbocycles. The zero-order valence-corrected chi connectivity index (χ0v) is 12.2. The van der Waals surface area contributed by atoms with E-state index < -0.39 is 0 Å². The number of halogens is 1. The summed E-state index contributed by atoms with van der Waals surface area (Å²) in [5.74, 6) is 0.913. The van der Waals surface area contributed by atoms with E-state index in [0.717, 1.165) is 36.2 Å². The Morgan fingerprint density at radius 2 is 2.26 bits per heavy atom. The summed E-state index contributed by atoms with van der Waals surface area (Å²) in [4.78, 5) is 4.64. The molecule has 0 spiro atoms. The van der Waals surface area contributed by atoms with Crippen LogP contribution in [0.1, 0.15) is 31.6 Å². The van der Waals surface area contributed by atoms with Gasteiger partial charge in [0.2, 0.25) is 0 Å². The maximum Gasteiger partial charge on any atom is 0.126 e. The molecule has 0 bridgehead atoms. The molecule has 4 nitrogen and oxygen atoms in total. The Hall–Kier alpha value is -1.10. The highest BCUT2D eigenvalue weighted by atomic mass is 35.5. The lowest BCUT2D eigenvalue weighted by Gasteiger charge is -2.13. The van der Waals surface area contributed by atoms with Crippen LogP contribution in [0.15, 0.2) is 18.2 Å². The van der Waals surface area contributed by atoms with Crippen LogP contribution < -0.4 is 5.73 Å². The topological polar surface area (TPSA) is 53.1 Å². The molecule has 5 heteroatoms. The molecule has 0 radical (unpaired) electrons. The number of fused-ring (bicyclic) bond motifs is 1. The Morgan fingerprint density at radius 1 is 1.47 bits per heavy atom. The van der Waals surface area contributed by atoms with Crippen molar-refractivity contribution in [3.63, 3.8) is 0 Å². The fourth-order valence-corrected chi connectivity index (χ4v) is 2.40. The third kappa shape index (κ3) is 3.08. The Balaban J connectivity index is 2.43. The maximum absolute atomic E-state index is 6.22. The minimum absolute atomic E-state index is 0.113. The van der Waals surface area contributed by atoms with Crippen molar-refractivity contribution in [1.29, 1.82) is 0 Å². The predicted octanol–water partition coefficient (Wildman–Crippen LogP) is 3.14. The molecule has 0 saturated carbocycles. The van der Waals surface area contributed by atoms with Gasteiger partial charge in [-0.15, -0.1) is 0 Å². The van der Waals surface area contributed by atoms with Crippen LogP contribution in [-0.2, 0) is 11.3 Å². The van der Waals surface area contributed by atoms with Crippen molar-refractivity contribution < 1.29 is 4.74 Å². The molecule has 2 rings (SSSR count). The van der Waals surface area contributed by atoms with Crippen molar-refractivity contribution in [1.82, 2.24) is 9.55 Å². The van der Waals surface area contributed by atoms with Gasteiger partial charge in [0.1, 0.15) is 5.82 Å². The normalized spacial score (nSPS) is 13.1. The monoisotopic (exact) mass is 281 g/mol.